The molecule has 0 fully saturated rings. The average Bonchev–Trinajstić information content (AvgIpc) is 3.20. The summed E-state index contributed by atoms with van der Waals surface area (Å²) in [6.07, 6.45) is 18.5. The minimum atomic E-state index is 1.20. The zero-order valence-corrected chi connectivity index (χ0v) is 20.8. The molecule has 24 heavy (non-hydrogen) atoms. The molecule has 0 saturated heterocycles. The van der Waals surface area contributed by atoms with Crippen LogP contribution in [0.2, 0.25) is 0 Å². The molecule has 0 atom stereocenters. The molecule has 2 rings (SSSR count). The first-order valence-corrected chi connectivity index (χ1v) is 15.6. The Kier molecular flexibility index (Phi) is 11.3. The number of allylic oxidation sites excluding steroid dienone is 2. The first-order valence-electron chi connectivity index (χ1n) is 7.48. The summed E-state index contributed by atoms with van der Waals surface area (Å²) in [5.74, 6) is 0. The maximum Gasteiger partial charge on any atom is 0.0656 e. The number of rotatable bonds is 9. The van der Waals surface area contributed by atoms with E-state index in [0.717, 1.165) is 0 Å². The summed E-state index contributed by atoms with van der Waals surface area (Å²) in [6.45, 7) is 0. The number of hydrogen-bond donors (Lipinski definition) is 0. The van der Waals surface area contributed by atoms with E-state index in [1.807, 2.05) is 94.1 Å². The second-order valence-corrected chi connectivity index (χ2v) is 13.7. The van der Waals surface area contributed by atoms with Crippen molar-refractivity contribution in [1.29, 1.82) is 0 Å². The molecule has 2 aliphatic heterocycles. The van der Waals surface area contributed by atoms with Gasteiger partial charge in [-0.3, -0.25) is 0 Å². The highest BCUT2D eigenvalue weighted by Gasteiger charge is 2.20. The minimum Gasteiger partial charge on any atom is -0.121 e. The summed E-state index contributed by atoms with van der Waals surface area (Å²) in [7, 11) is 0. The molecule has 2 aliphatic rings. The van der Waals surface area contributed by atoms with Crippen LogP contribution in [0.15, 0.2) is 37.6 Å². The third-order valence-electron chi connectivity index (χ3n) is 3.13. The smallest absolute Gasteiger partial charge is 0.0656 e. The van der Waals surface area contributed by atoms with E-state index in [2.05, 4.69) is 37.2 Å². The van der Waals surface area contributed by atoms with Crippen molar-refractivity contribution in [1.82, 2.24) is 0 Å². The molecule has 0 bridgehead atoms. The minimum absolute atomic E-state index is 1.20. The van der Waals surface area contributed by atoms with Crippen LogP contribution in [0.25, 0.3) is 0 Å². The lowest BCUT2D eigenvalue weighted by Crippen LogP contribution is -1.74. The highest BCUT2D eigenvalue weighted by molar-refractivity contribution is 8.41. The van der Waals surface area contributed by atoms with Crippen LogP contribution >= 0.6 is 94.1 Å². The van der Waals surface area contributed by atoms with Crippen molar-refractivity contribution in [3.05, 3.63) is 37.6 Å². The highest BCUT2D eigenvalue weighted by atomic mass is 32.3. The quantitative estimate of drug-likeness (QED) is 0.302. The third-order valence-corrected chi connectivity index (χ3v) is 13.5. The predicted molar refractivity (Wildman–Crippen MR) is 133 cm³/mol. The molecule has 0 spiro atoms. The van der Waals surface area contributed by atoms with Gasteiger partial charge in [-0.2, -0.15) is 0 Å². The molecule has 0 aromatic carbocycles. The van der Waals surface area contributed by atoms with Gasteiger partial charge >= 0.3 is 0 Å². The van der Waals surface area contributed by atoms with E-state index < -0.39 is 0 Å². The molecule has 0 amide bonds. The van der Waals surface area contributed by atoms with Crippen molar-refractivity contribution in [3.8, 4) is 0 Å². The van der Waals surface area contributed by atoms with E-state index in [-0.39, 0.29) is 0 Å². The van der Waals surface area contributed by atoms with Crippen LogP contribution in [0.3, 0.4) is 0 Å². The van der Waals surface area contributed by atoms with Crippen molar-refractivity contribution in [2.75, 3.05) is 25.0 Å². The first kappa shape index (κ1) is 22.1. The van der Waals surface area contributed by atoms with Gasteiger partial charge in [-0.05, 0) is 50.7 Å². The molecule has 0 aliphatic carbocycles. The molecule has 0 nitrogen and oxygen atoms in total. The van der Waals surface area contributed by atoms with Crippen molar-refractivity contribution in [2.24, 2.45) is 0 Å². The lowest BCUT2D eigenvalue weighted by molar-refractivity contribution is 0.762. The number of thioether (sulfide) groups is 8. The first-order chi connectivity index (χ1) is 11.7. The van der Waals surface area contributed by atoms with Gasteiger partial charge in [-0.25, -0.2) is 0 Å². The summed E-state index contributed by atoms with van der Waals surface area (Å²) in [5, 5.41) is 0. The molecular weight excluding hydrogens is 449 g/mol. The van der Waals surface area contributed by atoms with Crippen molar-refractivity contribution >= 4 is 94.1 Å². The largest absolute Gasteiger partial charge is 0.121 e. The standard InChI is InChI=1S/C16H22S8/c1-17-13-14(18-2)22-11(21-13)9-7-5-6-8-10-12-23-15(19-3)16(20-4)24-12/h9-10H,5-8H2,1-4H3. The summed E-state index contributed by atoms with van der Waals surface area (Å²) >= 11 is 15.3. The van der Waals surface area contributed by atoms with Crippen molar-refractivity contribution in [2.45, 2.75) is 25.7 Å². The Morgan fingerprint density at radius 3 is 1.12 bits per heavy atom. The highest BCUT2D eigenvalue weighted by Crippen LogP contribution is 2.57. The lowest BCUT2D eigenvalue weighted by atomic mass is 10.2. The van der Waals surface area contributed by atoms with Crippen LogP contribution in [0, 0.1) is 0 Å². The maximum atomic E-state index is 2.43. The summed E-state index contributed by atoms with van der Waals surface area (Å²) in [6, 6.07) is 0. The molecule has 0 radical (unpaired) electrons. The Hall–Kier alpha value is 1.76. The van der Waals surface area contributed by atoms with Crippen LogP contribution in [0.4, 0.5) is 0 Å². The Bertz CT molecular complexity index is 472. The SMILES string of the molecule is CSC1=C(SC)SC(=CCCCCC=C2SC(SC)=C(SC)S2)S1. The van der Waals surface area contributed by atoms with Gasteiger partial charge in [0.2, 0.25) is 0 Å². The molecular formula is C16H22S8. The van der Waals surface area contributed by atoms with Gasteiger partial charge in [0.25, 0.3) is 0 Å². The van der Waals surface area contributed by atoms with Gasteiger partial charge in [0.15, 0.2) is 0 Å². The Morgan fingerprint density at radius 2 is 0.875 bits per heavy atom. The molecule has 2 heterocycles. The zero-order valence-electron chi connectivity index (χ0n) is 14.2. The molecule has 0 unspecified atom stereocenters. The fourth-order valence-electron chi connectivity index (χ4n) is 1.97. The van der Waals surface area contributed by atoms with E-state index in [9.17, 15) is 0 Å². The Balaban J connectivity index is 1.65. The maximum absolute atomic E-state index is 2.43. The van der Waals surface area contributed by atoms with E-state index in [4.69, 9.17) is 0 Å². The Labute approximate surface area is 180 Å². The van der Waals surface area contributed by atoms with E-state index >= 15 is 0 Å². The summed E-state index contributed by atoms with van der Waals surface area (Å²) in [4.78, 5) is 0. The normalized spacial score (nSPS) is 18.2. The van der Waals surface area contributed by atoms with E-state index in [1.165, 1.54) is 51.1 Å². The van der Waals surface area contributed by atoms with Gasteiger partial charge < -0.3 is 0 Å². The fraction of sp³-hybridized carbons (Fsp3) is 0.500. The molecule has 0 aromatic heterocycles. The third kappa shape index (κ3) is 6.73. The van der Waals surface area contributed by atoms with Crippen LogP contribution in [-0.2, 0) is 0 Å². The lowest BCUT2D eigenvalue weighted by Gasteiger charge is -1.99. The van der Waals surface area contributed by atoms with Gasteiger partial charge in [0.05, 0.1) is 16.9 Å². The second-order valence-electron chi connectivity index (χ2n) is 4.71. The predicted octanol–water partition coefficient (Wildman–Crippen LogP) is 8.89. The topological polar surface area (TPSA) is 0 Å². The fourth-order valence-corrected chi connectivity index (χ4v) is 11.9. The average molecular weight is 471 g/mol. The van der Waals surface area contributed by atoms with Gasteiger partial charge in [-0.1, -0.05) is 59.2 Å². The van der Waals surface area contributed by atoms with E-state index in [0.29, 0.717) is 0 Å². The summed E-state index contributed by atoms with van der Waals surface area (Å²) in [5.41, 5.74) is 0. The monoisotopic (exact) mass is 470 g/mol. The summed E-state index contributed by atoms with van der Waals surface area (Å²) < 4.78 is 8.84. The number of unbranched alkanes of at least 4 members (excludes halogenated alkanes) is 3. The number of hydrogen-bond acceptors (Lipinski definition) is 8. The van der Waals surface area contributed by atoms with Crippen molar-refractivity contribution in [3.63, 3.8) is 0 Å². The van der Waals surface area contributed by atoms with Gasteiger partial charge in [0, 0.05) is 8.47 Å². The van der Waals surface area contributed by atoms with Gasteiger partial charge in [0.1, 0.15) is 0 Å². The molecule has 0 saturated carbocycles. The van der Waals surface area contributed by atoms with Crippen LogP contribution in [0.5, 0.6) is 0 Å². The van der Waals surface area contributed by atoms with E-state index in [1.54, 1.807) is 0 Å². The van der Waals surface area contributed by atoms with Crippen molar-refractivity contribution < 1.29 is 0 Å². The van der Waals surface area contributed by atoms with Crippen LogP contribution in [-0.4, -0.2) is 25.0 Å². The Morgan fingerprint density at radius 1 is 0.583 bits per heavy atom. The zero-order chi connectivity index (χ0) is 17.4. The molecule has 0 aromatic rings. The molecule has 8 heteroatoms. The molecule has 0 N–H and O–H groups in total. The van der Waals surface area contributed by atoms with Crippen LogP contribution in [0.1, 0.15) is 25.7 Å². The molecule has 134 valence electrons. The van der Waals surface area contributed by atoms with Crippen LogP contribution < -0.4 is 0 Å². The van der Waals surface area contributed by atoms with Gasteiger partial charge in [-0.15, -0.1) is 47.0 Å². The second kappa shape index (κ2) is 12.3.